The molecule has 4 heteroatoms. The maximum absolute atomic E-state index is 5.63. The van der Waals surface area contributed by atoms with Crippen molar-refractivity contribution in [3.05, 3.63) is 0 Å². The highest BCUT2D eigenvalue weighted by molar-refractivity contribution is 4.79. The van der Waals surface area contributed by atoms with E-state index >= 15 is 0 Å². The molecule has 0 heterocycles. The van der Waals surface area contributed by atoms with E-state index in [1.54, 1.807) is 21.3 Å². The van der Waals surface area contributed by atoms with Crippen molar-refractivity contribution in [3.8, 4) is 0 Å². The summed E-state index contributed by atoms with van der Waals surface area (Å²) in [4.78, 5) is 0. The van der Waals surface area contributed by atoms with Gasteiger partial charge in [-0.15, -0.1) is 0 Å². The Morgan fingerprint density at radius 2 is 1.25 bits per heavy atom. The van der Waals surface area contributed by atoms with Crippen molar-refractivity contribution in [2.45, 2.75) is 0 Å². The molecule has 2 N–H and O–H groups in total. The molecule has 0 aliphatic heterocycles. The van der Waals surface area contributed by atoms with Crippen LogP contribution in [0.4, 0.5) is 0 Å². The first-order chi connectivity index (χ1) is 5.74. The van der Waals surface area contributed by atoms with Crippen LogP contribution in [-0.2, 0) is 14.2 Å². The predicted molar refractivity (Wildman–Crippen MR) is 47.1 cm³/mol. The summed E-state index contributed by atoms with van der Waals surface area (Å²) in [7, 11) is 4.95. The Bertz CT molecular complexity index is 91.5. The second-order valence-corrected chi connectivity index (χ2v) is 3.00. The van der Waals surface area contributed by atoms with Gasteiger partial charge in [-0.3, -0.25) is 0 Å². The molecule has 0 spiro atoms. The lowest BCUT2D eigenvalue weighted by atomic mass is 9.91. The summed E-state index contributed by atoms with van der Waals surface area (Å²) in [5.41, 5.74) is 5.43. The van der Waals surface area contributed by atoms with Crippen molar-refractivity contribution < 1.29 is 14.2 Å². The van der Waals surface area contributed by atoms with Gasteiger partial charge in [-0.2, -0.15) is 0 Å². The minimum absolute atomic E-state index is 0.196. The molecule has 0 unspecified atom stereocenters. The molecule has 0 fully saturated rings. The molecule has 0 amide bonds. The molecular formula is C8H19NO3. The Morgan fingerprint density at radius 1 is 0.917 bits per heavy atom. The average molecular weight is 177 g/mol. The third-order valence-electron chi connectivity index (χ3n) is 1.78. The first-order valence-corrected chi connectivity index (χ1v) is 3.91. The molecule has 0 aliphatic carbocycles. The predicted octanol–water partition coefficient (Wildman–Crippen LogP) is -0.129. The number of hydrogen-bond acceptors (Lipinski definition) is 4. The molecule has 0 aromatic carbocycles. The first kappa shape index (κ1) is 11.8. The molecular weight excluding hydrogens is 158 g/mol. The van der Waals surface area contributed by atoms with E-state index in [1.165, 1.54) is 0 Å². The minimum atomic E-state index is -0.196. The van der Waals surface area contributed by atoms with E-state index in [9.17, 15) is 0 Å². The van der Waals surface area contributed by atoms with Gasteiger partial charge in [0.2, 0.25) is 0 Å². The van der Waals surface area contributed by atoms with Crippen LogP contribution in [0.2, 0.25) is 0 Å². The number of ether oxygens (including phenoxy) is 3. The molecule has 12 heavy (non-hydrogen) atoms. The molecule has 0 saturated carbocycles. The van der Waals surface area contributed by atoms with Crippen LogP contribution >= 0.6 is 0 Å². The lowest BCUT2D eigenvalue weighted by Gasteiger charge is -2.29. The fraction of sp³-hybridized carbons (Fsp3) is 1.00. The highest BCUT2D eigenvalue weighted by Crippen LogP contribution is 2.16. The SMILES string of the molecule is COCC(CN)(COC)COC. The highest BCUT2D eigenvalue weighted by Gasteiger charge is 2.28. The summed E-state index contributed by atoms with van der Waals surface area (Å²) in [5, 5.41) is 0. The van der Waals surface area contributed by atoms with E-state index in [2.05, 4.69) is 0 Å². The van der Waals surface area contributed by atoms with E-state index in [1.807, 2.05) is 0 Å². The first-order valence-electron chi connectivity index (χ1n) is 3.91. The lowest BCUT2D eigenvalue weighted by molar-refractivity contribution is -0.0324. The summed E-state index contributed by atoms with van der Waals surface area (Å²) >= 11 is 0. The smallest absolute Gasteiger partial charge is 0.0575 e. The van der Waals surface area contributed by atoms with E-state index in [0.29, 0.717) is 26.4 Å². The van der Waals surface area contributed by atoms with Crippen LogP contribution in [0.3, 0.4) is 0 Å². The molecule has 0 atom stereocenters. The second kappa shape index (κ2) is 6.37. The standard InChI is InChI=1S/C8H19NO3/c1-10-5-8(4-9,6-11-2)7-12-3/h4-7,9H2,1-3H3. The monoisotopic (exact) mass is 177 g/mol. The van der Waals surface area contributed by atoms with Gasteiger partial charge in [-0.25, -0.2) is 0 Å². The minimum Gasteiger partial charge on any atom is -0.384 e. The molecule has 0 saturated heterocycles. The van der Waals surface area contributed by atoms with Gasteiger partial charge in [0.1, 0.15) is 0 Å². The number of methoxy groups -OCH3 is 3. The normalized spacial score (nSPS) is 12.0. The topological polar surface area (TPSA) is 53.7 Å². The van der Waals surface area contributed by atoms with Crippen LogP contribution < -0.4 is 5.73 Å². The van der Waals surface area contributed by atoms with Crippen molar-refractivity contribution in [2.24, 2.45) is 11.1 Å². The molecule has 0 aromatic heterocycles. The van der Waals surface area contributed by atoms with Gasteiger partial charge in [0.25, 0.3) is 0 Å². The Morgan fingerprint density at radius 3 is 1.42 bits per heavy atom. The number of rotatable bonds is 7. The van der Waals surface area contributed by atoms with Gasteiger partial charge in [0.15, 0.2) is 0 Å². The Kier molecular flexibility index (Phi) is 6.28. The van der Waals surface area contributed by atoms with Crippen LogP contribution in [0.5, 0.6) is 0 Å². The number of hydrogen-bond donors (Lipinski definition) is 1. The van der Waals surface area contributed by atoms with E-state index < -0.39 is 0 Å². The fourth-order valence-electron chi connectivity index (χ4n) is 1.22. The van der Waals surface area contributed by atoms with E-state index in [-0.39, 0.29) is 5.41 Å². The van der Waals surface area contributed by atoms with Crippen LogP contribution in [0.25, 0.3) is 0 Å². The van der Waals surface area contributed by atoms with E-state index in [4.69, 9.17) is 19.9 Å². The second-order valence-electron chi connectivity index (χ2n) is 3.00. The molecule has 0 aliphatic rings. The van der Waals surface area contributed by atoms with Crippen molar-refractivity contribution in [2.75, 3.05) is 47.7 Å². The Labute approximate surface area is 74.0 Å². The summed E-state index contributed by atoms with van der Waals surface area (Å²) < 4.78 is 15.2. The lowest BCUT2D eigenvalue weighted by Crippen LogP contribution is -2.43. The third kappa shape index (κ3) is 3.49. The average Bonchev–Trinajstić information content (AvgIpc) is 2.06. The van der Waals surface area contributed by atoms with E-state index in [0.717, 1.165) is 0 Å². The third-order valence-corrected chi connectivity index (χ3v) is 1.78. The van der Waals surface area contributed by atoms with Crippen LogP contribution in [-0.4, -0.2) is 47.7 Å². The van der Waals surface area contributed by atoms with Gasteiger partial charge in [-0.05, 0) is 0 Å². The van der Waals surface area contributed by atoms with Crippen LogP contribution in [0, 0.1) is 5.41 Å². The summed E-state index contributed by atoms with van der Waals surface area (Å²) in [6.07, 6.45) is 0. The molecule has 0 bridgehead atoms. The van der Waals surface area contributed by atoms with Crippen molar-refractivity contribution in [1.82, 2.24) is 0 Å². The van der Waals surface area contributed by atoms with Crippen molar-refractivity contribution >= 4 is 0 Å². The van der Waals surface area contributed by atoms with Gasteiger partial charge in [0, 0.05) is 27.9 Å². The van der Waals surface area contributed by atoms with Gasteiger partial charge in [0.05, 0.1) is 25.2 Å². The number of nitrogens with two attached hydrogens (primary N) is 1. The Balaban J connectivity index is 4.06. The molecule has 0 rings (SSSR count). The maximum atomic E-state index is 5.63. The van der Waals surface area contributed by atoms with Gasteiger partial charge < -0.3 is 19.9 Å². The summed E-state index contributed by atoms with van der Waals surface area (Å²) in [6.45, 7) is 2.18. The molecule has 0 radical (unpaired) electrons. The quantitative estimate of drug-likeness (QED) is 0.588. The molecule has 74 valence electrons. The van der Waals surface area contributed by atoms with Gasteiger partial charge >= 0.3 is 0 Å². The summed E-state index contributed by atoms with van der Waals surface area (Å²) in [5.74, 6) is 0. The van der Waals surface area contributed by atoms with Crippen LogP contribution in [0.1, 0.15) is 0 Å². The largest absolute Gasteiger partial charge is 0.384 e. The zero-order valence-electron chi connectivity index (χ0n) is 8.13. The van der Waals surface area contributed by atoms with Crippen molar-refractivity contribution in [3.63, 3.8) is 0 Å². The summed E-state index contributed by atoms with van der Waals surface area (Å²) in [6, 6.07) is 0. The van der Waals surface area contributed by atoms with Crippen molar-refractivity contribution in [1.29, 1.82) is 0 Å². The maximum Gasteiger partial charge on any atom is 0.0575 e. The molecule has 0 aromatic rings. The fourth-order valence-corrected chi connectivity index (χ4v) is 1.22. The Hall–Kier alpha value is -0.160. The van der Waals surface area contributed by atoms with Gasteiger partial charge in [-0.1, -0.05) is 0 Å². The highest BCUT2D eigenvalue weighted by atomic mass is 16.5. The zero-order valence-corrected chi connectivity index (χ0v) is 8.13. The van der Waals surface area contributed by atoms with Crippen LogP contribution in [0.15, 0.2) is 0 Å². The molecule has 4 nitrogen and oxygen atoms in total. The zero-order chi connectivity index (χ0) is 9.45.